The number of likely N-dealkylation sites (N-methyl/N-ethyl adjacent to an activating group) is 1. The van der Waals surface area contributed by atoms with Crippen LogP contribution in [0.15, 0.2) is 17.0 Å². The summed E-state index contributed by atoms with van der Waals surface area (Å²) in [6.07, 6.45) is 0. The van der Waals surface area contributed by atoms with Gasteiger partial charge in [0.1, 0.15) is 10.7 Å². The van der Waals surface area contributed by atoms with Gasteiger partial charge in [-0.05, 0) is 6.54 Å². The van der Waals surface area contributed by atoms with E-state index in [1.165, 1.54) is 14.2 Å². The first-order valence-corrected chi connectivity index (χ1v) is 7.56. The fourth-order valence-electron chi connectivity index (χ4n) is 1.57. The smallest absolute Gasteiger partial charge is 0.243 e. The molecule has 0 bridgehead atoms. The van der Waals surface area contributed by atoms with E-state index < -0.39 is 20.7 Å². The Bertz CT molecular complexity index is 549. The van der Waals surface area contributed by atoms with Gasteiger partial charge < -0.3 is 14.8 Å². The van der Waals surface area contributed by atoms with Gasteiger partial charge >= 0.3 is 0 Å². The molecule has 0 amide bonds. The Morgan fingerprint density at radius 2 is 1.75 bits per heavy atom. The van der Waals surface area contributed by atoms with Crippen LogP contribution >= 0.6 is 0 Å². The van der Waals surface area contributed by atoms with Crippen LogP contribution in [0.1, 0.15) is 6.92 Å². The molecule has 0 aliphatic heterocycles. The average molecular weight is 306 g/mol. The number of ether oxygens (including phenoxy) is 2. The van der Waals surface area contributed by atoms with Crippen molar-refractivity contribution in [2.75, 3.05) is 33.9 Å². The minimum absolute atomic E-state index is 0.136. The van der Waals surface area contributed by atoms with Crippen molar-refractivity contribution < 1.29 is 22.3 Å². The topological polar surface area (TPSA) is 76.7 Å². The van der Waals surface area contributed by atoms with Gasteiger partial charge in [0, 0.05) is 25.2 Å². The summed E-state index contributed by atoms with van der Waals surface area (Å²) >= 11 is 0. The summed E-state index contributed by atoms with van der Waals surface area (Å²) in [6, 6.07) is 2.08. The Balaban J connectivity index is 2.99. The molecule has 0 heterocycles. The fourth-order valence-corrected chi connectivity index (χ4v) is 2.67. The highest BCUT2D eigenvalue weighted by molar-refractivity contribution is 7.89. The first-order valence-electron chi connectivity index (χ1n) is 6.08. The van der Waals surface area contributed by atoms with E-state index in [-0.39, 0.29) is 18.0 Å². The van der Waals surface area contributed by atoms with Crippen molar-refractivity contribution in [2.45, 2.75) is 11.8 Å². The molecule has 0 spiro atoms. The molecule has 0 unspecified atom stereocenters. The van der Waals surface area contributed by atoms with Gasteiger partial charge in [0.05, 0.1) is 14.2 Å². The molecule has 0 aliphatic carbocycles. The first kappa shape index (κ1) is 16.7. The Labute approximate surface area is 118 Å². The molecule has 0 aliphatic rings. The number of methoxy groups -OCH3 is 2. The van der Waals surface area contributed by atoms with E-state index in [4.69, 9.17) is 9.47 Å². The number of benzene rings is 1. The lowest BCUT2D eigenvalue weighted by Gasteiger charge is -2.12. The summed E-state index contributed by atoms with van der Waals surface area (Å²) in [4.78, 5) is -0.466. The number of rotatable bonds is 8. The predicted molar refractivity (Wildman–Crippen MR) is 73.2 cm³/mol. The zero-order valence-corrected chi connectivity index (χ0v) is 12.5. The van der Waals surface area contributed by atoms with Crippen LogP contribution < -0.4 is 19.5 Å². The van der Waals surface area contributed by atoms with E-state index in [0.717, 1.165) is 18.7 Å². The molecule has 1 aromatic carbocycles. The summed E-state index contributed by atoms with van der Waals surface area (Å²) in [5.74, 6) is -0.601. The summed E-state index contributed by atoms with van der Waals surface area (Å²) in [7, 11) is -1.23. The van der Waals surface area contributed by atoms with E-state index >= 15 is 0 Å². The van der Waals surface area contributed by atoms with Crippen LogP contribution in [0.25, 0.3) is 0 Å². The van der Waals surface area contributed by atoms with E-state index in [1.54, 1.807) is 0 Å². The first-order chi connectivity index (χ1) is 9.46. The maximum Gasteiger partial charge on any atom is 0.243 e. The highest BCUT2D eigenvalue weighted by atomic mass is 32.2. The molecule has 1 aromatic rings. The number of halogens is 1. The molecule has 0 radical (unpaired) electrons. The van der Waals surface area contributed by atoms with Gasteiger partial charge in [-0.3, -0.25) is 0 Å². The van der Waals surface area contributed by atoms with Gasteiger partial charge in [0.15, 0.2) is 11.5 Å². The number of sulfonamides is 1. The molecule has 0 saturated carbocycles. The van der Waals surface area contributed by atoms with Crippen LogP contribution in [-0.2, 0) is 10.0 Å². The third-order valence-electron chi connectivity index (χ3n) is 2.57. The standard InChI is InChI=1S/C12H19FN2O4S/c1-4-14-5-6-15-20(16,17)12-8-11(19-3)10(18-2)7-9(12)13/h7-8,14-15H,4-6H2,1-3H3. The van der Waals surface area contributed by atoms with E-state index in [0.29, 0.717) is 6.54 Å². The highest BCUT2D eigenvalue weighted by Crippen LogP contribution is 2.31. The van der Waals surface area contributed by atoms with Crippen molar-refractivity contribution in [1.29, 1.82) is 0 Å². The van der Waals surface area contributed by atoms with Crippen molar-refractivity contribution in [2.24, 2.45) is 0 Å². The number of hydrogen-bond donors (Lipinski definition) is 2. The van der Waals surface area contributed by atoms with Crippen LogP contribution in [0.3, 0.4) is 0 Å². The average Bonchev–Trinajstić information content (AvgIpc) is 2.43. The summed E-state index contributed by atoms with van der Waals surface area (Å²) < 4.78 is 50.1. The summed E-state index contributed by atoms with van der Waals surface area (Å²) in [6.45, 7) is 3.27. The molecular weight excluding hydrogens is 287 g/mol. The van der Waals surface area contributed by atoms with Crippen molar-refractivity contribution in [3.05, 3.63) is 17.9 Å². The second kappa shape index (κ2) is 7.41. The maximum atomic E-state index is 13.9. The Hall–Kier alpha value is -1.38. The molecule has 20 heavy (non-hydrogen) atoms. The molecule has 1 rings (SSSR count). The van der Waals surface area contributed by atoms with Crippen LogP contribution in [0.4, 0.5) is 4.39 Å². The minimum Gasteiger partial charge on any atom is -0.493 e. The minimum atomic E-state index is -3.93. The zero-order chi connectivity index (χ0) is 15.2. The van der Waals surface area contributed by atoms with E-state index in [1.807, 2.05) is 6.92 Å². The Morgan fingerprint density at radius 3 is 2.30 bits per heavy atom. The maximum absolute atomic E-state index is 13.9. The summed E-state index contributed by atoms with van der Waals surface area (Å²) in [5.41, 5.74) is 0. The quantitative estimate of drug-likeness (QED) is 0.693. The monoisotopic (exact) mass is 306 g/mol. The van der Waals surface area contributed by atoms with Crippen LogP contribution in [0, 0.1) is 5.82 Å². The lowest BCUT2D eigenvalue weighted by atomic mass is 10.3. The van der Waals surface area contributed by atoms with Gasteiger partial charge in [-0.25, -0.2) is 17.5 Å². The van der Waals surface area contributed by atoms with Crippen LogP contribution in [0.2, 0.25) is 0 Å². The van der Waals surface area contributed by atoms with Crippen molar-refractivity contribution >= 4 is 10.0 Å². The SMILES string of the molecule is CCNCCNS(=O)(=O)c1cc(OC)c(OC)cc1F. The lowest BCUT2D eigenvalue weighted by molar-refractivity contribution is 0.350. The summed E-state index contributed by atoms with van der Waals surface area (Å²) in [5, 5.41) is 2.96. The van der Waals surface area contributed by atoms with Crippen LogP contribution in [-0.4, -0.2) is 42.3 Å². The van der Waals surface area contributed by atoms with Crippen molar-refractivity contribution in [3.8, 4) is 11.5 Å². The molecule has 114 valence electrons. The van der Waals surface area contributed by atoms with Crippen molar-refractivity contribution in [3.63, 3.8) is 0 Å². The number of nitrogens with one attached hydrogen (secondary N) is 2. The molecule has 6 nitrogen and oxygen atoms in total. The molecule has 0 saturated heterocycles. The zero-order valence-electron chi connectivity index (χ0n) is 11.7. The third-order valence-corrected chi connectivity index (χ3v) is 4.05. The molecule has 8 heteroatoms. The Kier molecular flexibility index (Phi) is 6.18. The van der Waals surface area contributed by atoms with Crippen LogP contribution in [0.5, 0.6) is 11.5 Å². The van der Waals surface area contributed by atoms with Gasteiger partial charge in [-0.2, -0.15) is 0 Å². The fraction of sp³-hybridized carbons (Fsp3) is 0.500. The normalized spacial score (nSPS) is 11.4. The van der Waals surface area contributed by atoms with Gasteiger partial charge in [0.25, 0.3) is 0 Å². The van der Waals surface area contributed by atoms with Crippen molar-refractivity contribution in [1.82, 2.24) is 10.0 Å². The van der Waals surface area contributed by atoms with Gasteiger partial charge in [0.2, 0.25) is 10.0 Å². The van der Waals surface area contributed by atoms with E-state index in [9.17, 15) is 12.8 Å². The Morgan fingerprint density at radius 1 is 1.15 bits per heavy atom. The highest BCUT2D eigenvalue weighted by Gasteiger charge is 2.22. The van der Waals surface area contributed by atoms with E-state index in [2.05, 4.69) is 10.0 Å². The second-order valence-corrected chi connectivity index (χ2v) is 5.62. The molecule has 2 N–H and O–H groups in total. The lowest BCUT2D eigenvalue weighted by Crippen LogP contribution is -2.32. The largest absolute Gasteiger partial charge is 0.493 e. The number of hydrogen-bond acceptors (Lipinski definition) is 5. The molecule has 0 fully saturated rings. The van der Waals surface area contributed by atoms with Gasteiger partial charge in [-0.1, -0.05) is 6.92 Å². The second-order valence-electron chi connectivity index (χ2n) is 3.89. The molecule has 0 atom stereocenters. The third kappa shape index (κ3) is 4.06. The predicted octanol–water partition coefficient (Wildman–Crippen LogP) is 0.731. The molecular formula is C12H19FN2O4S. The van der Waals surface area contributed by atoms with Gasteiger partial charge in [-0.15, -0.1) is 0 Å². The molecule has 0 aromatic heterocycles.